The molecule has 0 aliphatic heterocycles. The molecular formula is C20H16FN5O. The highest BCUT2D eigenvalue weighted by atomic mass is 19.1. The van der Waals surface area contributed by atoms with Gasteiger partial charge in [-0.15, -0.1) is 0 Å². The summed E-state index contributed by atoms with van der Waals surface area (Å²) in [6.07, 6.45) is 5.12. The summed E-state index contributed by atoms with van der Waals surface area (Å²) in [6.45, 7) is 3.58. The fourth-order valence-corrected chi connectivity index (χ4v) is 3.19. The molecule has 3 aromatic heterocycles. The van der Waals surface area contributed by atoms with Crippen LogP contribution in [0, 0.1) is 19.7 Å². The SMILES string of the molecule is Cc1nc(-c2cccnc2)nc(-n2cc(C)c3cc(F)ccc32)c1C(N)=O. The van der Waals surface area contributed by atoms with E-state index in [1.54, 1.807) is 36.0 Å². The highest BCUT2D eigenvalue weighted by Gasteiger charge is 2.20. The topological polar surface area (TPSA) is 86.7 Å². The second kappa shape index (κ2) is 6.28. The first-order valence-electron chi connectivity index (χ1n) is 8.32. The van der Waals surface area contributed by atoms with Gasteiger partial charge >= 0.3 is 0 Å². The van der Waals surface area contributed by atoms with Crippen molar-refractivity contribution in [1.29, 1.82) is 0 Å². The van der Waals surface area contributed by atoms with E-state index in [0.29, 0.717) is 17.3 Å². The summed E-state index contributed by atoms with van der Waals surface area (Å²) >= 11 is 0. The summed E-state index contributed by atoms with van der Waals surface area (Å²) in [4.78, 5) is 25.2. The predicted molar refractivity (Wildman–Crippen MR) is 100 cm³/mol. The highest BCUT2D eigenvalue weighted by Crippen LogP contribution is 2.28. The molecule has 0 radical (unpaired) electrons. The molecule has 0 atom stereocenters. The molecule has 0 aliphatic carbocycles. The predicted octanol–water partition coefficient (Wildman–Crippen LogP) is 3.34. The van der Waals surface area contributed by atoms with E-state index in [0.717, 1.165) is 22.0 Å². The number of nitrogens with zero attached hydrogens (tertiary/aromatic N) is 4. The summed E-state index contributed by atoms with van der Waals surface area (Å²) < 4.78 is 15.4. The Kier molecular flexibility index (Phi) is 3.92. The number of halogens is 1. The lowest BCUT2D eigenvalue weighted by molar-refractivity contribution is 0.0999. The molecule has 27 heavy (non-hydrogen) atoms. The zero-order valence-corrected chi connectivity index (χ0v) is 14.8. The van der Waals surface area contributed by atoms with Crippen LogP contribution >= 0.6 is 0 Å². The average molecular weight is 361 g/mol. The number of fused-ring (bicyclic) bond motifs is 1. The maximum Gasteiger partial charge on any atom is 0.254 e. The van der Waals surface area contributed by atoms with Crippen molar-refractivity contribution in [3.05, 3.63) is 71.6 Å². The number of aromatic nitrogens is 4. The van der Waals surface area contributed by atoms with E-state index < -0.39 is 5.91 Å². The molecule has 3 heterocycles. The minimum absolute atomic E-state index is 0.226. The monoisotopic (exact) mass is 361 g/mol. The van der Waals surface area contributed by atoms with E-state index in [9.17, 15) is 9.18 Å². The van der Waals surface area contributed by atoms with Gasteiger partial charge in [0.05, 0.1) is 11.2 Å². The summed E-state index contributed by atoms with van der Waals surface area (Å²) in [6, 6.07) is 8.11. The lowest BCUT2D eigenvalue weighted by Gasteiger charge is -2.13. The third-order valence-corrected chi connectivity index (χ3v) is 4.43. The number of rotatable bonds is 3. The first-order valence-corrected chi connectivity index (χ1v) is 8.32. The Morgan fingerprint density at radius 1 is 1.19 bits per heavy atom. The van der Waals surface area contributed by atoms with E-state index in [1.165, 1.54) is 12.1 Å². The van der Waals surface area contributed by atoms with Crippen molar-refractivity contribution in [2.75, 3.05) is 0 Å². The fourth-order valence-electron chi connectivity index (χ4n) is 3.19. The van der Waals surface area contributed by atoms with Gasteiger partial charge in [0.25, 0.3) is 5.91 Å². The van der Waals surface area contributed by atoms with E-state index in [4.69, 9.17) is 5.73 Å². The minimum Gasteiger partial charge on any atom is -0.365 e. The average Bonchev–Trinajstić information content (AvgIpc) is 2.97. The van der Waals surface area contributed by atoms with Crippen LogP contribution in [0.25, 0.3) is 28.1 Å². The molecule has 134 valence electrons. The summed E-state index contributed by atoms with van der Waals surface area (Å²) in [7, 11) is 0. The summed E-state index contributed by atoms with van der Waals surface area (Å²) in [5.74, 6) is -0.156. The Balaban J connectivity index is 2.05. The molecule has 7 heteroatoms. The number of primary amides is 1. The molecule has 0 saturated heterocycles. The lowest BCUT2D eigenvalue weighted by atomic mass is 10.1. The molecule has 4 rings (SSSR count). The van der Waals surface area contributed by atoms with Gasteiger partial charge < -0.3 is 10.3 Å². The summed E-state index contributed by atoms with van der Waals surface area (Å²) in [5.41, 5.74) is 8.61. The number of carbonyl (C=O) groups excluding carboxylic acids is 1. The standard InChI is InChI=1S/C20H16FN5O/c1-11-10-26(16-6-5-14(21)8-15(11)16)20-17(18(22)27)12(2)24-19(25-20)13-4-3-7-23-9-13/h3-10H,1-2H3,(H2,22,27). The molecule has 0 bridgehead atoms. The molecule has 0 unspecified atom stereocenters. The Morgan fingerprint density at radius 2 is 2.00 bits per heavy atom. The maximum absolute atomic E-state index is 13.7. The van der Waals surface area contributed by atoms with Crippen molar-refractivity contribution in [2.24, 2.45) is 5.73 Å². The second-order valence-electron chi connectivity index (χ2n) is 6.28. The lowest BCUT2D eigenvalue weighted by Crippen LogP contribution is -2.19. The molecule has 0 fully saturated rings. The Bertz CT molecular complexity index is 1180. The van der Waals surface area contributed by atoms with Crippen molar-refractivity contribution in [1.82, 2.24) is 19.5 Å². The molecule has 0 aliphatic rings. The Morgan fingerprint density at radius 3 is 2.70 bits per heavy atom. The Labute approximate surface area is 154 Å². The van der Waals surface area contributed by atoms with Crippen molar-refractivity contribution >= 4 is 16.8 Å². The van der Waals surface area contributed by atoms with Gasteiger partial charge in [-0.1, -0.05) is 0 Å². The maximum atomic E-state index is 13.7. The van der Waals surface area contributed by atoms with Gasteiger partial charge in [0.2, 0.25) is 0 Å². The van der Waals surface area contributed by atoms with Gasteiger partial charge in [0.15, 0.2) is 11.6 Å². The van der Waals surface area contributed by atoms with Gasteiger partial charge in [-0.05, 0) is 49.7 Å². The molecule has 4 aromatic rings. The molecule has 1 amide bonds. The molecule has 2 N–H and O–H groups in total. The van der Waals surface area contributed by atoms with Gasteiger partial charge in [0, 0.05) is 29.5 Å². The van der Waals surface area contributed by atoms with Crippen LogP contribution in [0.4, 0.5) is 4.39 Å². The number of pyridine rings is 1. The number of carbonyl (C=O) groups is 1. The van der Waals surface area contributed by atoms with Crippen molar-refractivity contribution in [3.63, 3.8) is 0 Å². The van der Waals surface area contributed by atoms with Crippen LogP contribution in [0.1, 0.15) is 21.6 Å². The molecule has 6 nitrogen and oxygen atoms in total. The summed E-state index contributed by atoms with van der Waals surface area (Å²) in [5, 5.41) is 0.740. The quantitative estimate of drug-likeness (QED) is 0.606. The Hall–Kier alpha value is -3.61. The van der Waals surface area contributed by atoms with Crippen LogP contribution in [-0.2, 0) is 0 Å². The second-order valence-corrected chi connectivity index (χ2v) is 6.28. The van der Waals surface area contributed by atoms with Crippen LogP contribution in [0.15, 0.2) is 48.9 Å². The molecule has 0 saturated carbocycles. The fraction of sp³-hybridized carbons (Fsp3) is 0.100. The van der Waals surface area contributed by atoms with E-state index in [2.05, 4.69) is 15.0 Å². The highest BCUT2D eigenvalue weighted by molar-refractivity contribution is 5.98. The van der Waals surface area contributed by atoms with Gasteiger partial charge in [-0.2, -0.15) is 0 Å². The number of hydrogen-bond donors (Lipinski definition) is 1. The van der Waals surface area contributed by atoms with Gasteiger partial charge in [0.1, 0.15) is 11.4 Å². The van der Waals surface area contributed by atoms with E-state index >= 15 is 0 Å². The first-order chi connectivity index (χ1) is 13.0. The number of hydrogen-bond acceptors (Lipinski definition) is 4. The molecule has 0 spiro atoms. The van der Waals surface area contributed by atoms with Crippen LogP contribution in [-0.4, -0.2) is 25.4 Å². The van der Waals surface area contributed by atoms with Crippen LogP contribution < -0.4 is 5.73 Å². The minimum atomic E-state index is -0.623. The number of benzene rings is 1. The zero-order valence-electron chi connectivity index (χ0n) is 14.8. The smallest absolute Gasteiger partial charge is 0.254 e. The largest absolute Gasteiger partial charge is 0.365 e. The van der Waals surface area contributed by atoms with E-state index in [-0.39, 0.29) is 11.4 Å². The van der Waals surface area contributed by atoms with Gasteiger partial charge in [-0.25, -0.2) is 14.4 Å². The number of nitrogens with two attached hydrogens (primary N) is 1. The van der Waals surface area contributed by atoms with Crippen LogP contribution in [0.5, 0.6) is 0 Å². The normalized spacial score (nSPS) is 11.1. The first kappa shape index (κ1) is 16.8. The zero-order chi connectivity index (χ0) is 19.1. The van der Waals surface area contributed by atoms with Crippen molar-refractivity contribution < 1.29 is 9.18 Å². The van der Waals surface area contributed by atoms with E-state index in [1.807, 2.05) is 19.2 Å². The molecular weight excluding hydrogens is 345 g/mol. The third kappa shape index (κ3) is 2.83. The number of amides is 1. The van der Waals surface area contributed by atoms with Crippen molar-refractivity contribution in [2.45, 2.75) is 13.8 Å². The van der Waals surface area contributed by atoms with Crippen LogP contribution in [0.2, 0.25) is 0 Å². The van der Waals surface area contributed by atoms with Crippen molar-refractivity contribution in [3.8, 4) is 17.2 Å². The van der Waals surface area contributed by atoms with Crippen LogP contribution in [0.3, 0.4) is 0 Å². The third-order valence-electron chi connectivity index (χ3n) is 4.43. The molecule has 1 aromatic carbocycles. The number of aryl methyl sites for hydroxylation is 2. The van der Waals surface area contributed by atoms with Gasteiger partial charge in [-0.3, -0.25) is 9.78 Å².